The van der Waals surface area contributed by atoms with E-state index in [-0.39, 0.29) is 12.4 Å². The molecule has 0 aliphatic carbocycles. The summed E-state index contributed by atoms with van der Waals surface area (Å²) < 4.78 is 20.3. The Labute approximate surface area is 236 Å². The molecule has 3 heterocycles. The summed E-state index contributed by atoms with van der Waals surface area (Å²) in [4.78, 5) is 9.49. The van der Waals surface area contributed by atoms with Crippen molar-refractivity contribution in [2.24, 2.45) is 0 Å². The van der Waals surface area contributed by atoms with Crippen molar-refractivity contribution in [3.8, 4) is 27.4 Å². The Balaban J connectivity index is 0.945. The van der Waals surface area contributed by atoms with Crippen molar-refractivity contribution in [3.05, 3.63) is 90.5 Å². The van der Waals surface area contributed by atoms with Gasteiger partial charge in [0.05, 0.1) is 16.4 Å². The van der Waals surface area contributed by atoms with Gasteiger partial charge in [-0.3, -0.25) is 10.00 Å². The Morgan fingerprint density at radius 2 is 1.73 bits per heavy atom. The molecule has 206 valence electrons. The van der Waals surface area contributed by atoms with E-state index in [1.807, 2.05) is 36.4 Å². The molecule has 1 aliphatic rings. The number of hydrogen-bond donors (Lipinski definition) is 2. The van der Waals surface area contributed by atoms with Gasteiger partial charge in [-0.15, -0.1) is 11.3 Å². The van der Waals surface area contributed by atoms with Crippen LogP contribution in [0.25, 0.3) is 31.9 Å². The molecular formula is C31H32FN5O2S. The second kappa shape index (κ2) is 12.3. The van der Waals surface area contributed by atoms with Crippen molar-refractivity contribution in [3.63, 3.8) is 0 Å². The average molecular weight is 558 g/mol. The van der Waals surface area contributed by atoms with Gasteiger partial charge >= 0.3 is 0 Å². The van der Waals surface area contributed by atoms with Gasteiger partial charge in [-0.2, -0.15) is 5.10 Å². The molecule has 0 saturated carbocycles. The van der Waals surface area contributed by atoms with E-state index in [1.54, 1.807) is 29.7 Å². The highest BCUT2D eigenvalue weighted by Crippen LogP contribution is 2.32. The number of fused-ring (bicyclic) bond motifs is 1. The Morgan fingerprint density at radius 3 is 2.52 bits per heavy atom. The molecule has 40 heavy (non-hydrogen) atoms. The predicted molar refractivity (Wildman–Crippen MR) is 157 cm³/mol. The van der Waals surface area contributed by atoms with Crippen LogP contribution in [0.15, 0.2) is 79.0 Å². The van der Waals surface area contributed by atoms with Gasteiger partial charge in [0.1, 0.15) is 29.3 Å². The van der Waals surface area contributed by atoms with Crippen molar-refractivity contribution in [1.82, 2.24) is 25.0 Å². The molecule has 1 atom stereocenters. The first-order valence-corrected chi connectivity index (χ1v) is 14.4. The number of ether oxygens (including phenoxy) is 1. The quantitative estimate of drug-likeness (QED) is 0.249. The predicted octanol–water partition coefficient (Wildman–Crippen LogP) is 5.09. The number of H-pyrrole nitrogens is 1. The smallest absolute Gasteiger partial charge is 0.124 e. The summed E-state index contributed by atoms with van der Waals surface area (Å²) >= 11 is 1.67. The number of aliphatic hydroxyl groups is 1. The third-order valence-corrected chi connectivity index (χ3v) is 8.39. The molecule has 2 N–H and O–H groups in total. The minimum Gasteiger partial charge on any atom is -0.491 e. The summed E-state index contributed by atoms with van der Waals surface area (Å²) in [5.41, 5.74) is 5.07. The maximum atomic E-state index is 13.3. The third kappa shape index (κ3) is 6.39. The molecule has 1 saturated heterocycles. The molecule has 7 nitrogen and oxygen atoms in total. The van der Waals surface area contributed by atoms with E-state index in [4.69, 9.17) is 9.72 Å². The lowest BCUT2D eigenvalue weighted by molar-refractivity contribution is 0.0463. The van der Waals surface area contributed by atoms with E-state index in [9.17, 15) is 9.50 Å². The summed E-state index contributed by atoms with van der Waals surface area (Å²) in [5, 5.41) is 19.0. The Hall–Kier alpha value is -3.63. The first kappa shape index (κ1) is 26.6. The van der Waals surface area contributed by atoms with Crippen LogP contribution in [0.4, 0.5) is 4.39 Å². The molecule has 3 aromatic carbocycles. The van der Waals surface area contributed by atoms with Gasteiger partial charge in [0.2, 0.25) is 0 Å². The van der Waals surface area contributed by atoms with Crippen LogP contribution in [0.2, 0.25) is 0 Å². The maximum absolute atomic E-state index is 13.3. The summed E-state index contributed by atoms with van der Waals surface area (Å²) in [5.74, 6) is 0.484. The number of benzene rings is 3. The van der Waals surface area contributed by atoms with Gasteiger partial charge in [0, 0.05) is 68.6 Å². The van der Waals surface area contributed by atoms with Crippen molar-refractivity contribution in [2.75, 3.05) is 45.9 Å². The number of hydrogen-bond acceptors (Lipinski definition) is 7. The van der Waals surface area contributed by atoms with Gasteiger partial charge in [-0.1, -0.05) is 42.5 Å². The molecule has 0 amide bonds. The Kier molecular flexibility index (Phi) is 8.15. The van der Waals surface area contributed by atoms with Crippen LogP contribution in [0, 0.1) is 5.82 Å². The van der Waals surface area contributed by atoms with Crippen LogP contribution in [-0.4, -0.2) is 82.1 Å². The van der Waals surface area contributed by atoms with E-state index in [2.05, 4.69) is 32.1 Å². The minimum atomic E-state index is -0.569. The second-order valence-corrected chi connectivity index (χ2v) is 11.2. The zero-order chi connectivity index (χ0) is 27.3. The number of aliphatic hydroxyl groups excluding tert-OH is 1. The highest BCUT2D eigenvalue weighted by Gasteiger charge is 2.20. The second-order valence-electron chi connectivity index (χ2n) is 10.1. The zero-order valence-electron chi connectivity index (χ0n) is 22.2. The fourth-order valence-electron chi connectivity index (χ4n) is 5.09. The molecular weight excluding hydrogens is 525 g/mol. The number of piperazine rings is 1. The number of halogens is 1. The van der Waals surface area contributed by atoms with E-state index in [0.29, 0.717) is 6.54 Å². The molecule has 5 aromatic rings. The van der Waals surface area contributed by atoms with Gasteiger partial charge < -0.3 is 14.7 Å². The number of rotatable bonds is 10. The minimum absolute atomic E-state index is 0.238. The number of aromatic amines is 1. The largest absolute Gasteiger partial charge is 0.491 e. The Morgan fingerprint density at radius 1 is 0.950 bits per heavy atom. The standard InChI is InChI=1S/C31H32FN5O2S/c32-24-8-6-22(7-9-24)27-19-33-35-28(27)12-13-36-14-16-37(17-15-36)20-25(38)21-39-26-10-11-30-29(18-26)34-31(40-30)23-4-2-1-3-5-23/h1-11,18-19,25,38H,12-17,20-21H2,(H,33,35)/t25-/m0/s1. The fourth-order valence-corrected chi connectivity index (χ4v) is 6.04. The number of β-amino-alcohol motifs (C(OH)–C–C–N with tert-alkyl or cyclic N) is 1. The number of nitrogens with one attached hydrogen (secondary N) is 1. The fraction of sp³-hybridized carbons (Fsp3) is 0.290. The van der Waals surface area contributed by atoms with Crippen LogP contribution < -0.4 is 4.74 Å². The molecule has 0 bridgehead atoms. The van der Waals surface area contributed by atoms with Crippen LogP contribution in [-0.2, 0) is 6.42 Å². The van der Waals surface area contributed by atoms with E-state index in [1.165, 1.54) is 12.1 Å². The lowest BCUT2D eigenvalue weighted by Gasteiger charge is -2.35. The van der Waals surface area contributed by atoms with Crippen LogP contribution >= 0.6 is 11.3 Å². The SMILES string of the molecule is O[C@H](COc1ccc2sc(-c3ccccc3)nc2c1)CN1CCN(CCc2[nH]ncc2-c2ccc(F)cc2)CC1. The first-order chi connectivity index (χ1) is 19.6. The van der Waals surface area contributed by atoms with Crippen molar-refractivity contribution in [1.29, 1.82) is 0 Å². The van der Waals surface area contributed by atoms with Crippen LogP contribution in [0.5, 0.6) is 5.75 Å². The normalized spacial score (nSPS) is 15.4. The first-order valence-electron chi connectivity index (χ1n) is 13.6. The highest BCUT2D eigenvalue weighted by atomic mass is 32.1. The summed E-state index contributed by atoms with van der Waals surface area (Å²) in [6.45, 7) is 5.43. The lowest BCUT2D eigenvalue weighted by atomic mass is 10.0. The number of nitrogens with zero attached hydrogens (tertiary/aromatic N) is 4. The highest BCUT2D eigenvalue weighted by molar-refractivity contribution is 7.21. The average Bonchev–Trinajstić information content (AvgIpc) is 3.64. The van der Waals surface area contributed by atoms with Crippen molar-refractivity contribution < 1.29 is 14.2 Å². The van der Waals surface area contributed by atoms with Gasteiger partial charge in [0.15, 0.2) is 0 Å². The van der Waals surface area contributed by atoms with Gasteiger partial charge in [-0.05, 0) is 29.8 Å². The molecule has 0 unspecified atom stereocenters. The lowest BCUT2D eigenvalue weighted by Crippen LogP contribution is -2.49. The summed E-state index contributed by atoms with van der Waals surface area (Å²) in [6, 6.07) is 22.6. The molecule has 0 spiro atoms. The third-order valence-electron chi connectivity index (χ3n) is 7.31. The van der Waals surface area contributed by atoms with Crippen LogP contribution in [0.3, 0.4) is 0 Å². The molecule has 1 aliphatic heterocycles. The summed E-state index contributed by atoms with van der Waals surface area (Å²) in [6.07, 6.45) is 2.08. The van der Waals surface area contributed by atoms with Gasteiger partial charge in [0.25, 0.3) is 0 Å². The topological polar surface area (TPSA) is 77.5 Å². The molecule has 6 rings (SSSR count). The summed E-state index contributed by atoms with van der Waals surface area (Å²) in [7, 11) is 0. The van der Waals surface area contributed by atoms with E-state index >= 15 is 0 Å². The van der Waals surface area contributed by atoms with E-state index in [0.717, 1.165) is 82.5 Å². The van der Waals surface area contributed by atoms with E-state index < -0.39 is 6.10 Å². The maximum Gasteiger partial charge on any atom is 0.124 e. The molecule has 2 aromatic heterocycles. The van der Waals surface area contributed by atoms with Crippen molar-refractivity contribution in [2.45, 2.75) is 12.5 Å². The molecule has 0 radical (unpaired) electrons. The molecule has 1 fully saturated rings. The Bertz CT molecular complexity index is 1530. The van der Waals surface area contributed by atoms with Crippen LogP contribution in [0.1, 0.15) is 5.69 Å². The monoisotopic (exact) mass is 557 g/mol. The number of aromatic nitrogens is 3. The molecule has 9 heteroatoms. The number of thiazole rings is 1. The van der Waals surface area contributed by atoms with Crippen molar-refractivity contribution >= 4 is 21.6 Å². The zero-order valence-corrected chi connectivity index (χ0v) is 23.0. The van der Waals surface area contributed by atoms with Gasteiger partial charge in [-0.25, -0.2) is 9.37 Å².